The average molecular weight is 644 g/mol. The number of thioether (sulfide) groups is 1. The summed E-state index contributed by atoms with van der Waals surface area (Å²) in [6, 6.07) is 18.5. The maximum Gasteiger partial charge on any atom is 0.264 e. The van der Waals surface area contributed by atoms with Crippen molar-refractivity contribution in [2.45, 2.75) is 13.8 Å². The molecule has 10 heteroatoms. The molecular formula is C28H26IN3O5S. The van der Waals surface area contributed by atoms with E-state index in [9.17, 15) is 9.59 Å². The summed E-state index contributed by atoms with van der Waals surface area (Å²) in [6.45, 7) is 4.32. The zero-order valence-corrected chi connectivity index (χ0v) is 24.0. The normalized spacial score (nSPS) is 14.9. The Balaban J connectivity index is 1.44. The fraction of sp³-hybridized carbons (Fsp3) is 0.179. The summed E-state index contributed by atoms with van der Waals surface area (Å²) in [7, 11) is 1.53. The van der Waals surface area contributed by atoms with Gasteiger partial charge in [-0.3, -0.25) is 9.59 Å². The molecule has 1 fully saturated rings. The number of methoxy groups -OCH3 is 1. The van der Waals surface area contributed by atoms with E-state index in [1.165, 1.54) is 18.9 Å². The minimum atomic E-state index is -0.281. The number of benzene rings is 3. The molecule has 2 N–H and O–H groups in total. The standard InChI is InChI=1S/C28H26IN3O5S/c1-4-36-21-11-9-20(10-12-21)31-28-32-27(34)24(38-28)15-18-13-22(29)26(23(14-18)35-3)37-16-25(33)30-19-7-5-17(2)6-8-19/h5-15H,4,16H2,1-3H3,(H,30,33)(H,31,32,34)/b24-15+. The molecule has 1 heterocycles. The molecule has 1 saturated heterocycles. The molecule has 3 aromatic rings. The zero-order chi connectivity index (χ0) is 27.1. The fourth-order valence-corrected chi connectivity index (χ4v) is 5.09. The summed E-state index contributed by atoms with van der Waals surface area (Å²) >= 11 is 3.38. The van der Waals surface area contributed by atoms with E-state index in [1.807, 2.05) is 68.4 Å². The summed E-state index contributed by atoms with van der Waals surface area (Å²) < 4.78 is 17.5. The van der Waals surface area contributed by atoms with Crippen LogP contribution in [0.3, 0.4) is 0 Å². The van der Waals surface area contributed by atoms with Crippen molar-refractivity contribution in [1.29, 1.82) is 0 Å². The van der Waals surface area contributed by atoms with Gasteiger partial charge in [-0.15, -0.1) is 0 Å². The molecule has 196 valence electrons. The molecule has 2 amide bonds. The second-order valence-corrected chi connectivity index (χ2v) is 10.3. The highest BCUT2D eigenvalue weighted by Gasteiger charge is 2.24. The predicted molar refractivity (Wildman–Crippen MR) is 159 cm³/mol. The number of anilines is 1. The van der Waals surface area contributed by atoms with Gasteiger partial charge in [0.1, 0.15) is 5.75 Å². The number of aliphatic imine (C=N–C) groups is 1. The van der Waals surface area contributed by atoms with Crippen molar-refractivity contribution in [2.75, 3.05) is 25.6 Å². The van der Waals surface area contributed by atoms with Gasteiger partial charge in [0.25, 0.3) is 11.8 Å². The smallest absolute Gasteiger partial charge is 0.264 e. The van der Waals surface area contributed by atoms with E-state index in [-0.39, 0.29) is 18.4 Å². The van der Waals surface area contributed by atoms with Crippen LogP contribution in [0.2, 0.25) is 0 Å². The van der Waals surface area contributed by atoms with Gasteiger partial charge < -0.3 is 24.8 Å². The van der Waals surface area contributed by atoms with Crippen LogP contribution in [-0.4, -0.2) is 37.3 Å². The van der Waals surface area contributed by atoms with Crippen LogP contribution >= 0.6 is 34.4 Å². The topological polar surface area (TPSA) is 98.3 Å². The lowest BCUT2D eigenvalue weighted by Crippen LogP contribution is -2.20. The molecule has 38 heavy (non-hydrogen) atoms. The van der Waals surface area contributed by atoms with Crippen molar-refractivity contribution in [3.05, 3.63) is 80.3 Å². The van der Waals surface area contributed by atoms with Crippen LogP contribution in [0.15, 0.2) is 70.6 Å². The van der Waals surface area contributed by atoms with Gasteiger partial charge in [0.05, 0.1) is 27.9 Å². The van der Waals surface area contributed by atoms with E-state index in [0.29, 0.717) is 39.6 Å². The monoisotopic (exact) mass is 643 g/mol. The van der Waals surface area contributed by atoms with Gasteiger partial charge in [-0.25, -0.2) is 4.99 Å². The third-order valence-corrected chi connectivity index (χ3v) is 6.97. The lowest BCUT2D eigenvalue weighted by Gasteiger charge is -2.14. The maximum absolute atomic E-state index is 12.6. The van der Waals surface area contributed by atoms with Crippen molar-refractivity contribution in [1.82, 2.24) is 5.32 Å². The largest absolute Gasteiger partial charge is 0.494 e. The first-order chi connectivity index (χ1) is 18.3. The number of hydrogen-bond donors (Lipinski definition) is 2. The first kappa shape index (κ1) is 27.5. The van der Waals surface area contributed by atoms with Gasteiger partial charge in [-0.1, -0.05) is 17.7 Å². The molecule has 0 unspecified atom stereocenters. The number of nitrogens with one attached hydrogen (secondary N) is 2. The minimum absolute atomic E-state index is 0.176. The number of ether oxygens (including phenoxy) is 3. The molecule has 0 bridgehead atoms. The molecular weight excluding hydrogens is 617 g/mol. The predicted octanol–water partition coefficient (Wildman–Crippen LogP) is 5.92. The van der Waals surface area contributed by atoms with Gasteiger partial charge in [0.15, 0.2) is 23.3 Å². The van der Waals surface area contributed by atoms with Crippen molar-refractivity contribution in [3.8, 4) is 17.2 Å². The molecule has 1 aliphatic heterocycles. The Bertz CT molecular complexity index is 1390. The summed E-state index contributed by atoms with van der Waals surface area (Å²) in [5.74, 6) is 1.16. The molecule has 4 rings (SSSR count). The van der Waals surface area contributed by atoms with Crippen molar-refractivity contribution < 1.29 is 23.8 Å². The number of halogens is 1. The molecule has 3 aromatic carbocycles. The molecule has 0 atom stereocenters. The van der Waals surface area contributed by atoms with Crippen LogP contribution in [0.4, 0.5) is 11.4 Å². The Morgan fingerprint density at radius 2 is 1.84 bits per heavy atom. The highest BCUT2D eigenvalue weighted by molar-refractivity contribution is 14.1. The number of amides is 2. The molecule has 8 nitrogen and oxygen atoms in total. The molecule has 0 radical (unpaired) electrons. The maximum atomic E-state index is 12.6. The van der Waals surface area contributed by atoms with Gasteiger partial charge in [0.2, 0.25) is 0 Å². The highest BCUT2D eigenvalue weighted by atomic mass is 127. The number of hydrogen-bond acceptors (Lipinski definition) is 7. The Labute approximate surface area is 239 Å². The summed E-state index contributed by atoms with van der Waals surface area (Å²) in [5.41, 5.74) is 3.27. The third kappa shape index (κ3) is 7.29. The Hall–Kier alpha value is -3.51. The van der Waals surface area contributed by atoms with Crippen LogP contribution < -0.4 is 24.8 Å². The number of carbonyl (C=O) groups is 2. The van der Waals surface area contributed by atoms with Crippen molar-refractivity contribution in [3.63, 3.8) is 0 Å². The highest BCUT2D eigenvalue weighted by Crippen LogP contribution is 2.36. The quantitative estimate of drug-likeness (QED) is 0.222. The van der Waals surface area contributed by atoms with E-state index in [0.717, 1.165) is 20.4 Å². The second-order valence-electron chi connectivity index (χ2n) is 8.15. The first-order valence-electron chi connectivity index (χ1n) is 11.7. The number of carbonyl (C=O) groups excluding carboxylic acids is 2. The molecule has 0 spiro atoms. The van der Waals surface area contributed by atoms with E-state index in [1.54, 1.807) is 12.1 Å². The number of aryl methyl sites for hydroxylation is 1. The number of amidine groups is 1. The van der Waals surface area contributed by atoms with Crippen LogP contribution in [0, 0.1) is 10.5 Å². The van der Waals surface area contributed by atoms with E-state index in [2.05, 4.69) is 38.2 Å². The van der Waals surface area contributed by atoms with Crippen LogP contribution in [0.5, 0.6) is 17.2 Å². The number of rotatable bonds is 9. The molecule has 1 aliphatic rings. The lowest BCUT2D eigenvalue weighted by atomic mass is 10.2. The molecule has 0 aromatic heterocycles. The molecule has 0 saturated carbocycles. The summed E-state index contributed by atoms with van der Waals surface area (Å²) in [6.07, 6.45) is 1.76. The van der Waals surface area contributed by atoms with Crippen LogP contribution in [0.25, 0.3) is 6.08 Å². The van der Waals surface area contributed by atoms with Gasteiger partial charge in [-0.05, 0) is 108 Å². The molecule has 0 aliphatic carbocycles. The Morgan fingerprint density at radius 1 is 1.11 bits per heavy atom. The van der Waals surface area contributed by atoms with E-state index < -0.39 is 0 Å². The minimum Gasteiger partial charge on any atom is -0.494 e. The second kappa shape index (κ2) is 12.8. The van der Waals surface area contributed by atoms with Crippen LogP contribution in [-0.2, 0) is 9.59 Å². The van der Waals surface area contributed by atoms with E-state index >= 15 is 0 Å². The van der Waals surface area contributed by atoms with Gasteiger partial charge >= 0.3 is 0 Å². The van der Waals surface area contributed by atoms with Crippen molar-refractivity contribution in [2.24, 2.45) is 4.99 Å². The van der Waals surface area contributed by atoms with E-state index in [4.69, 9.17) is 14.2 Å². The SMILES string of the molecule is CCOc1ccc(N=C2NC(=O)/C(=C\c3cc(I)c(OCC(=O)Nc4ccc(C)cc4)c(OC)c3)S2)cc1. The summed E-state index contributed by atoms with van der Waals surface area (Å²) in [5, 5.41) is 6.10. The third-order valence-electron chi connectivity index (χ3n) is 5.26. The average Bonchev–Trinajstić information content (AvgIpc) is 3.23. The summed E-state index contributed by atoms with van der Waals surface area (Å²) in [4.78, 5) is 29.9. The number of nitrogens with zero attached hydrogens (tertiary/aromatic N) is 1. The Morgan fingerprint density at radius 3 is 2.53 bits per heavy atom. The first-order valence-corrected chi connectivity index (χ1v) is 13.6. The fourth-order valence-electron chi connectivity index (χ4n) is 3.47. The van der Waals surface area contributed by atoms with Crippen LogP contribution in [0.1, 0.15) is 18.1 Å². The Kier molecular flexibility index (Phi) is 9.29. The van der Waals surface area contributed by atoms with Gasteiger partial charge in [-0.2, -0.15) is 0 Å². The zero-order valence-electron chi connectivity index (χ0n) is 21.0. The lowest BCUT2D eigenvalue weighted by molar-refractivity contribution is -0.118. The van der Waals surface area contributed by atoms with Gasteiger partial charge in [0, 0.05) is 5.69 Å². The van der Waals surface area contributed by atoms with Crippen molar-refractivity contribution >= 4 is 68.8 Å².